The molecule has 0 unspecified atom stereocenters. The monoisotopic (exact) mass is 216 g/mol. The third kappa shape index (κ3) is 1.86. The van der Waals surface area contributed by atoms with Crippen molar-refractivity contribution >= 4 is 0 Å². The molecule has 0 aliphatic heterocycles. The van der Waals surface area contributed by atoms with Gasteiger partial charge < -0.3 is 5.11 Å². The van der Waals surface area contributed by atoms with Crippen LogP contribution in [0.2, 0.25) is 0 Å². The van der Waals surface area contributed by atoms with Crippen LogP contribution in [-0.2, 0) is 13.7 Å². The van der Waals surface area contributed by atoms with Crippen molar-refractivity contribution in [1.29, 1.82) is 0 Å². The first-order valence-corrected chi connectivity index (χ1v) is 5.32. The maximum absolute atomic E-state index is 9.25. The molecule has 0 saturated carbocycles. The van der Waals surface area contributed by atoms with Crippen LogP contribution in [0.3, 0.4) is 0 Å². The van der Waals surface area contributed by atoms with E-state index in [2.05, 4.69) is 17.2 Å². The predicted octanol–water partition coefficient (Wildman–Crippen LogP) is 2.20. The van der Waals surface area contributed by atoms with Crippen LogP contribution < -0.4 is 0 Å². The van der Waals surface area contributed by atoms with Gasteiger partial charge in [-0.25, -0.2) is 0 Å². The molecule has 3 nitrogen and oxygen atoms in total. The molecule has 0 radical (unpaired) electrons. The van der Waals surface area contributed by atoms with Gasteiger partial charge >= 0.3 is 0 Å². The Morgan fingerprint density at radius 2 is 1.81 bits per heavy atom. The third-order valence-corrected chi connectivity index (χ3v) is 2.89. The number of benzene rings is 1. The lowest BCUT2D eigenvalue weighted by Crippen LogP contribution is -1.94. The molecular weight excluding hydrogens is 200 g/mol. The number of aliphatic hydroxyl groups excluding tert-OH is 1. The van der Waals surface area contributed by atoms with E-state index in [-0.39, 0.29) is 6.61 Å². The Bertz CT molecular complexity index is 491. The van der Waals surface area contributed by atoms with Gasteiger partial charge in [-0.15, -0.1) is 0 Å². The van der Waals surface area contributed by atoms with Gasteiger partial charge in [-0.05, 0) is 36.1 Å². The summed E-state index contributed by atoms with van der Waals surface area (Å²) in [4.78, 5) is 0. The van der Waals surface area contributed by atoms with Crippen LogP contribution in [0.5, 0.6) is 0 Å². The lowest BCUT2D eigenvalue weighted by molar-refractivity contribution is 0.280. The molecule has 0 bridgehead atoms. The average molecular weight is 216 g/mol. The fraction of sp³-hybridized carbons (Fsp3) is 0.308. The number of hydrogen-bond acceptors (Lipinski definition) is 2. The highest BCUT2D eigenvalue weighted by atomic mass is 16.3. The molecule has 0 atom stereocenters. The van der Waals surface area contributed by atoms with E-state index in [1.54, 1.807) is 4.68 Å². The second-order valence-corrected chi connectivity index (χ2v) is 4.15. The highest BCUT2D eigenvalue weighted by Gasteiger charge is 2.06. The van der Waals surface area contributed by atoms with Gasteiger partial charge in [0.25, 0.3) is 0 Å². The maximum Gasteiger partial charge on any atom is 0.0686 e. The Kier molecular flexibility index (Phi) is 2.79. The van der Waals surface area contributed by atoms with E-state index in [1.165, 1.54) is 0 Å². The molecule has 2 rings (SSSR count). The van der Waals surface area contributed by atoms with Crippen molar-refractivity contribution in [2.75, 3.05) is 0 Å². The first kappa shape index (κ1) is 10.9. The van der Waals surface area contributed by atoms with Gasteiger partial charge in [-0.1, -0.05) is 12.1 Å². The molecule has 84 valence electrons. The Labute approximate surface area is 95.3 Å². The summed E-state index contributed by atoms with van der Waals surface area (Å²) >= 11 is 0. The van der Waals surface area contributed by atoms with Gasteiger partial charge in [-0.2, -0.15) is 5.10 Å². The van der Waals surface area contributed by atoms with Crippen LogP contribution in [0.4, 0.5) is 0 Å². The zero-order valence-electron chi connectivity index (χ0n) is 9.86. The average Bonchev–Trinajstić information content (AvgIpc) is 2.64. The second kappa shape index (κ2) is 4.10. The molecule has 0 saturated heterocycles. The van der Waals surface area contributed by atoms with Crippen molar-refractivity contribution in [3.63, 3.8) is 0 Å². The van der Waals surface area contributed by atoms with Gasteiger partial charge in [0.15, 0.2) is 0 Å². The van der Waals surface area contributed by atoms with Crippen molar-refractivity contribution in [1.82, 2.24) is 9.78 Å². The zero-order chi connectivity index (χ0) is 11.7. The van der Waals surface area contributed by atoms with Gasteiger partial charge in [-0.3, -0.25) is 4.68 Å². The topological polar surface area (TPSA) is 38.0 Å². The lowest BCUT2D eigenvalue weighted by atomic mass is 9.97. The summed E-state index contributed by atoms with van der Waals surface area (Å²) in [5.41, 5.74) is 5.54. The fourth-order valence-electron chi connectivity index (χ4n) is 1.98. The highest BCUT2D eigenvalue weighted by molar-refractivity contribution is 5.64. The molecule has 0 fully saturated rings. The molecule has 0 aliphatic rings. The van der Waals surface area contributed by atoms with Crippen molar-refractivity contribution in [3.05, 3.63) is 41.2 Å². The number of aliphatic hydroxyl groups is 1. The van der Waals surface area contributed by atoms with Crippen LogP contribution in [0.1, 0.15) is 16.7 Å². The fourth-order valence-corrected chi connectivity index (χ4v) is 1.98. The molecule has 0 spiro atoms. The molecule has 0 amide bonds. The summed E-state index contributed by atoms with van der Waals surface area (Å²) in [6, 6.07) is 4.19. The normalized spacial score (nSPS) is 10.8. The molecule has 1 N–H and O–H groups in total. The van der Waals surface area contributed by atoms with Gasteiger partial charge in [0.1, 0.15) is 0 Å². The number of aryl methyl sites for hydroxylation is 3. The van der Waals surface area contributed by atoms with E-state index in [0.717, 1.165) is 27.8 Å². The van der Waals surface area contributed by atoms with Crippen LogP contribution in [0.25, 0.3) is 11.1 Å². The summed E-state index contributed by atoms with van der Waals surface area (Å²) in [5, 5.41) is 13.4. The Hall–Kier alpha value is -1.61. The molecular formula is C13H16N2O. The van der Waals surface area contributed by atoms with E-state index in [1.807, 2.05) is 33.3 Å². The van der Waals surface area contributed by atoms with Crippen molar-refractivity contribution < 1.29 is 5.11 Å². The molecule has 16 heavy (non-hydrogen) atoms. The smallest absolute Gasteiger partial charge is 0.0686 e. The van der Waals surface area contributed by atoms with Crippen molar-refractivity contribution in [2.24, 2.45) is 7.05 Å². The Morgan fingerprint density at radius 1 is 1.19 bits per heavy atom. The molecule has 2 aromatic rings. The van der Waals surface area contributed by atoms with E-state index >= 15 is 0 Å². The summed E-state index contributed by atoms with van der Waals surface area (Å²) in [6.07, 6.45) is 3.85. The van der Waals surface area contributed by atoms with Crippen LogP contribution in [0.15, 0.2) is 24.5 Å². The summed E-state index contributed by atoms with van der Waals surface area (Å²) in [6.45, 7) is 4.15. The first-order chi connectivity index (χ1) is 7.61. The van der Waals surface area contributed by atoms with Crippen LogP contribution >= 0.6 is 0 Å². The van der Waals surface area contributed by atoms with Gasteiger partial charge in [0, 0.05) is 18.8 Å². The van der Waals surface area contributed by atoms with Crippen molar-refractivity contribution in [2.45, 2.75) is 20.5 Å². The number of hydrogen-bond donors (Lipinski definition) is 1. The molecule has 3 heteroatoms. The van der Waals surface area contributed by atoms with Crippen LogP contribution in [0, 0.1) is 13.8 Å². The van der Waals surface area contributed by atoms with Gasteiger partial charge in [0.05, 0.1) is 12.8 Å². The predicted molar refractivity (Wildman–Crippen MR) is 64.0 cm³/mol. The number of rotatable bonds is 2. The summed E-state index contributed by atoms with van der Waals surface area (Å²) < 4.78 is 1.79. The molecule has 0 aliphatic carbocycles. The molecule has 1 aromatic carbocycles. The van der Waals surface area contributed by atoms with E-state index < -0.39 is 0 Å². The number of nitrogens with zero attached hydrogens (tertiary/aromatic N) is 2. The minimum absolute atomic E-state index is 0.102. The van der Waals surface area contributed by atoms with Crippen molar-refractivity contribution in [3.8, 4) is 11.1 Å². The van der Waals surface area contributed by atoms with Crippen LogP contribution in [-0.4, -0.2) is 14.9 Å². The summed E-state index contributed by atoms with van der Waals surface area (Å²) in [7, 11) is 1.91. The minimum Gasteiger partial charge on any atom is -0.392 e. The second-order valence-electron chi connectivity index (χ2n) is 4.15. The minimum atomic E-state index is 0.102. The third-order valence-electron chi connectivity index (χ3n) is 2.89. The molecule has 1 heterocycles. The summed E-state index contributed by atoms with van der Waals surface area (Å²) in [5.74, 6) is 0. The Morgan fingerprint density at radius 3 is 2.25 bits per heavy atom. The SMILES string of the molecule is Cc1cc(-c2cnn(C)c2)cc(C)c1CO. The largest absolute Gasteiger partial charge is 0.392 e. The highest BCUT2D eigenvalue weighted by Crippen LogP contribution is 2.24. The van der Waals surface area contributed by atoms with E-state index in [4.69, 9.17) is 0 Å². The maximum atomic E-state index is 9.25. The number of aromatic nitrogens is 2. The zero-order valence-corrected chi connectivity index (χ0v) is 9.86. The lowest BCUT2D eigenvalue weighted by Gasteiger charge is -2.09. The molecule has 1 aromatic heterocycles. The Balaban J connectivity index is 2.52. The van der Waals surface area contributed by atoms with Gasteiger partial charge in [0.2, 0.25) is 0 Å². The van der Waals surface area contributed by atoms with E-state index in [0.29, 0.717) is 0 Å². The van der Waals surface area contributed by atoms with E-state index in [9.17, 15) is 5.11 Å². The first-order valence-electron chi connectivity index (χ1n) is 5.32. The standard InChI is InChI=1S/C13H16N2O/c1-9-4-11(5-10(2)13(9)8-16)12-6-14-15(3)7-12/h4-7,16H,8H2,1-3H3. The quantitative estimate of drug-likeness (QED) is 0.835.